The first kappa shape index (κ1) is 41.4. The molecule has 61 heavy (non-hydrogen) atoms. The average Bonchev–Trinajstić information content (AvgIpc) is 4.04. The molecule has 5 aromatic rings. The lowest BCUT2D eigenvalue weighted by atomic mass is 9.87. The number of hydrogen-bond donors (Lipinski definition) is 4. The molecule has 0 spiro atoms. The Kier molecular flexibility index (Phi) is 11.5. The molecule has 1 aromatic carbocycles. The highest BCUT2D eigenvalue weighted by Crippen LogP contribution is 2.34. The molecule has 4 aromatic heterocycles. The minimum atomic E-state index is -1.17. The number of imidazole rings is 1. The van der Waals surface area contributed by atoms with Crippen molar-refractivity contribution in [1.82, 2.24) is 39.1 Å². The fourth-order valence-corrected chi connectivity index (χ4v) is 8.23. The van der Waals surface area contributed by atoms with Gasteiger partial charge in [-0.1, -0.05) is 19.3 Å². The number of pyridine rings is 2. The van der Waals surface area contributed by atoms with Gasteiger partial charge >= 0.3 is 5.69 Å². The molecule has 322 valence electrons. The van der Waals surface area contributed by atoms with Gasteiger partial charge < -0.3 is 29.9 Å². The molecule has 1 atom stereocenters. The van der Waals surface area contributed by atoms with E-state index in [0.717, 1.165) is 11.1 Å². The van der Waals surface area contributed by atoms with E-state index >= 15 is 0 Å². The summed E-state index contributed by atoms with van der Waals surface area (Å²) < 4.78 is 10.7. The number of aromatic nitrogens is 6. The standard InChI is InChI=1S/C40H46N10O8.C3H6/c1-23(2)58-32-19-29-24(17-27(32)36(53)43-28-5-4-12-41-37(28)54)22-49(45-29)25-8-13-48(14-9-25)34(52)20-40(57)10-15-47(16-11-40)26-18-31-35(42-21-26)50(39(56)46(31)3)30-6-7-33(51)44-38(30)55;1-2-3-1/h4-5,12,17-19,21-23,25,30,57H,6-11,13-16,20H2,1-3H3,(H,41,54)(H,43,53)(H,44,51,55);1-3H2. The topological polar surface area (TPSA) is 219 Å². The Morgan fingerprint density at radius 2 is 1.75 bits per heavy atom. The summed E-state index contributed by atoms with van der Waals surface area (Å²) in [5.41, 5.74) is 0.749. The number of aliphatic hydroxyl groups is 1. The molecular formula is C43H52N10O8. The summed E-state index contributed by atoms with van der Waals surface area (Å²) >= 11 is 0. The van der Waals surface area contributed by atoms with Crippen molar-refractivity contribution in [3.05, 3.63) is 75.3 Å². The minimum absolute atomic E-state index is 0.00999. The van der Waals surface area contributed by atoms with Crippen LogP contribution in [-0.4, -0.2) is 100 Å². The molecule has 4 aliphatic rings. The molecule has 18 nitrogen and oxygen atoms in total. The number of fused-ring (bicyclic) bond motifs is 2. The molecule has 3 aliphatic heterocycles. The van der Waals surface area contributed by atoms with Crippen LogP contribution in [0, 0.1) is 0 Å². The molecule has 1 unspecified atom stereocenters. The van der Waals surface area contributed by atoms with Crippen LogP contribution in [0.25, 0.3) is 22.1 Å². The molecule has 9 rings (SSSR count). The first-order valence-electron chi connectivity index (χ1n) is 21.1. The van der Waals surface area contributed by atoms with Crippen LogP contribution < -0.4 is 31.5 Å². The summed E-state index contributed by atoms with van der Waals surface area (Å²) in [4.78, 5) is 87.5. The van der Waals surface area contributed by atoms with Crippen LogP contribution >= 0.6 is 0 Å². The highest BCUT2D eigenvalue weighted by Gasteiger charge is 2.38. The van der Waals surface area contributed by atoms with E-state index in [-0.39, 0.29) is 54.5 Å². The minimum Gasteiger partial charge on any atom is -0.490 e. The van der Waals surface area contributed by atoms with Gasteiger partial charge in [-0.05, 0) is 70.2 Å². The van der Waals surface area contributed by atoms with Gasteiger partial charge in [0.15, 0.2) is 5.65 Å². The number of piperidine rings is 3. The van der Waals surface area contributed by atoms with E-state index in [9.17, 15) is 33.9 Å². The van der Waals surface area contributed by atoms with E-state index in [4.69, 9.17) is 9.84 Å². The summed E-state index contributed by atoms with van der Waals surface area (Å²) in [6, 6.07) is 7.64. The number of amides is 4. The molecule has 7 heterocycles. The van der Waals surface area contributed by atoms with Gasteiger partial charge in [-0.15, -0.1) is 0 Å². The first-order valence-corrected chi connectivity index (χ1v) is 21.1. The number of hydrogen-bond acceptors (Lipinski definition) is 11. The van der Waals surface area contributed by atoms with Crippen LogP contribution in [0.4, 0.5) is 11.4 Å². The lowest BCUT2D eigenvalue weighted by Crippen LogP contribution is -2.48. The number of aromatic amines is 1. The third kappa shape index (κ3) is 8.94. The third-order valence-electron chi connectivity index (χ3n) is 11.8. The summed E-state index contributed by atoms with van der Waals surface area (Å²) in [5.74, 6) is -1.11. The van der Waals surface area contributed by atoms with Gasteiger partial charge in [0.1, 0.15) is 17.5 Å². The number of imide groups is 1. The van der Waals surface area contributed by atoms with Crippen molar-refractivity contribution in [2.24, 2.45) is 7.05 Å². The number of nitrogens with one attached hydrogen (secondary N) is 3. The van der Waals surface area contributed by atoms with Gasteiger partial charge in [0.25, 0.3) is 11.5 Å². The second-order valence-electron chi connectivity index (χ2n) is 16.8. The van der Waals surface area contributed by atoms with Gasteiger partial charge in [-0.3, -0.25) is 43.1 Å². The Bertz CT molecular complexity index is 2600. The van der Waals surface area contributed by atoms with E-state index in [2.05, 4.69) is 25.5 Å². The summed E-state index contributed by atoms with van der Waals surface area (Å²) in [6.45, 7) is 5.69. The van der Waals surface area contributed by atoms with E-state index in [1.807, 2.05) is 30.8 Å². The van der Waals surface area contributed by atoms with Gasteiger partial charge in [0.2, 0.25) is 17.7 Å². The van der Waals surface area contributed by atoms with Crippen LogP contribution in [0.5, 0.6) is 5.75 Å². The van der Waals surface area contributed by atoms with Crippen LogP contribution in [0.15, 0.2) is 58.5 Å². The summed E-state index contributed by atoms with van der Waals surface area (Å²) in [6.07, 6.45) is 11.7. The SMILES string of the molecule is C1CC1.CC(C)Oc1cc2nn(C3CCN(C(=O)CC4(O)CCN(c5cnc6c(c5)n(C)c(=O)n6C5CCC(=O)NC5=O)CC4)CC3)cc2cc1C(=O)Nc1ccc[nH]c1=O. The monoisotopic (exact) mass is 836 g/mol. The lowest BCUT2D eigenvalue weighted by Gasteiger charge is -2.40. The van der Waals surface area contributed by atoms with Crippen LogP contribution in [0.1, 0.15) is 100 Å². The van der Waals surface area contributed by atoms with E-state index in [0.29, 0.717) is 74.3 Å². The second-order valence-corrected chi connectivity index (χ2v) is 16.8. The predicted octanol–water partition coefficient (Wildman–Crippen LogP) is 3.55. The molecule has 0 bridgehead atoms. The van der Waals surface area contributed by atoms with Crippen LogP contribution in [0.3, 0.4) is 0 Å². The average molecular weight is 837 g/mol. The van der Waals surface area contributed by atoms with Crippen LogP contribution in [0.2, 0.25) is 0 Å². The van der Waals surface area contributed by atoms with Crippen LogP contribution in [-0.2, 0) is 21.4 Å². The number of carbonyl (C=O) groups excluding carboxylic acids is 4. The highest BCUT2D eigenvalue weighted by molar-refractivity contribution is 6.08. The maximum absolute atomic E-state index is 13.5. The Morgan fingerprint density at radius 1 is 1.02 bits per heavy atom. The van der Waals surface area contributed by atoms with E-state index < -0.39 is 34.7 Å². The zero-order valence-corrected chi connectivity index (χ0v) is 34.7. The Hall–Kier alpha value is -6.30. The zero-order chi connectivity index (χ0) is 43.0. The van der Waals surface area contributed by atoms with Gasteiger partial charge in [0, 0.05) is 63.5 Å². The molecule has 0 radical (unpaired) electrons. The largest absolute Gasteiger partial charge is 0.490 e. The third-order valence-corrected chi connectivity index (χ3v) is 11.8. The molecule has 3 saturated heterocycles. The van der Waals surface area contributed by atoms with Crippen molar-refractivity contribution in [1.29, 1.82) is 0 Å². The maximum atomic E-state index is 13.5. The molecule has 1 aliphatic carbocycles. The number of carbonyl (C=O) groups is 4. The van der Waals surface area contributed by atoms with Gasteiger partial charge in [-0.2, -0.15) is 5.10 Å². The Balaban J connectivity index is 0.00000164. The number of benzene rings is 1. The normalized spacial score (nSPS) is 19.1. The fourth-order valence-electron chi connectivity index (χ4n) is 8.23. The molecule has 4 N–H and O–H groups in total. The smallest absolute Gasteiger partial charge is 0.330 e. The second kappa shape index (κ2) is 17.0. The van der Waals surface area contributed by atoms with E-state index in [1.165, 1.54) is 40.7 Å². The summed E-state index contributed by atoms with van der Waals surface area (Å²) in [5, 5.41) is 22.1. The number of likely N-dealkylation sites (tertiary alicyclic amines) is 1. The molecule has 18 heteroatoms. The predicted molar refractivity (Wildman–Crippen MR) is 227 cm³/mol. The highest BCUT2D eigenvalue weighted by atomic mass is 16.5. The number of rotatable bonds is 9. The number of ether oxygens (including phenoxy) is 1. The Labute approximate surface area is 350 Å². The fraction of sp³-hybridized carbons (Fsp3) is 0.488. The lowest BCUT2D eigenvalue weighted by molar-refractivity contribution is -0.139. The number of H-pyrrole nitrogens is 1. The van der Waals surface area contributed by atoms with Crippen molar-refractivity contribution in [2.75, 3.05) is 36.4 Å². The van der Waals surface area contributed by atoms with Crippen molar-refractivity contribution < 1.29 is 29.0 Å². The van der Waals surface area contributed by atoms with E-state index in [1.54, 1.807) is 36.3 Å². The molecule has 4 fully saturated rings. The zero-order valence-electron chi connectivity index (χ0n) is 34.7. The van der Waals surface area contributed by atoms with Gasteiger partial charge in [0.05, 0.1) is 52.6 Å². The number of anilines is 2. The molecule has 1 saturated carbocycles. The molecular weight excluding hydrogens is 785 g/mol. The number of nitrogens with zero attached hydrogens (tertiary/aromatic N) is 7. The maximum Gasteiger partial charge on any atom is 0.330 e. The molecule has 4 amide bonds. The quantitative estimate of drug-likeness (QED) is 0.157. The summed E-state index contributed by atoms with van der Waals surface area (Å²) in [7, 11) is 1.62. The Morgan fingerprint density at radius 3 is 2.43 bits per heavy atom. The van der Waals surface area contributed by atoms with Crippen molar-refractivity contribution in [3.8, 4) is 5.75 Å². The van der Waals surface area contributed by atoms with Crippen molar-refractivity contribution in [2.45, 2.75) is 102 Å². The van der Waals surface area contributed by atoms with Crippen molar-refractivity contribution in [3.63, 3.8) is 0 Å². The van der Waals surface area contributed by atoms with Crippen molar-refractivity contribution >= 4 is 57.1 Å². The number of aryl methyl sites for hydroxylation is 1. The van der Waals surface area contributed by atoms with Gasteiger partial charge in [-0.25, -0.2) is 9.78 Å². The first-order chi connectivity index (χ1) is 29.3.